The van der Waals surface area contributed by atoms with Crippen molar-refractivity contribution in [2.45, 2.75) is 32.0 Å². The second-order valence-corrected chi connectivity index (χ2v) is 4.65. The predicted octanol–water partition coefficient (Wildman–Crippen LogP) is 1.91. The first-order chi connectivity index (χ1) is 9.49. The average Bonchev–Trinajstić information content (AvgIpc) is 2.84. The number of benzene rings is 1. The van der Waals surface area contributed by atoms with Crippen molar-refractivity contribution in [3.05, 3.63) is 33.9 Å². The second-order valence-electron chi connectivity index (χ2n) is 4.65. The van der Waals surface area contributed by atoms with E-state index in [1.165, 1.54) is 6.07 Å². The summed E-state index contributed by atoms with van der Waals surface area (Å²) < 4.78 is 10.7. The molecule has 0 amide bonds. The van der Waals surface area contributed by atoms with Crippen LogP contribution in [-0.4, -0.2) is 34.8 Å². The third kappa shape index (κ3) is 3.05. The Morgan fingerprint density at radius 2 is 2.30 bits per heavy atom. The molecule has 7 nitrogen and oxygen atoms in total. The van der Waals surface area contributed by atoms with Gasteiger partial charge in [0.2, 0.25) is 0 Å². The first kappa shape index (κ1) is 14.3. The van der Waals surface area contributed by atoms with Crippen molar-refractivity contribution in [2.75, 3.05) is 6.61 Å². The van der Waals surface area contributed by atoms with Gasteiger partial charge >= 0.3 is 11.7 Å². The Balaban J connectivity index is 2.00. The summed E-state index contributed by atoms with van der Waals surface area (Å²) in [6, 6.07) is 4.83. The molecule has 2 rings (SSSR count). The molecule has 2 atom stereocenters. The fraction of sp³-hybridized carbons (Fsp3) is 0.462. The molecule has 1 aromatic rings. The summed E-state index contributed by atoms with van der Waals surface area (Å²) in [4.78, 5) is 21.3. The van der Waals surface area contributed by atoms with Crippen molar-refractivity contribution in [1.29, 1.82) is 0 Å². The van der Waals surface area contributed by atoms with Crippen molar-refractivity contribution in [2.24, 2.45) is 0 Å². The van der Waals surface area contributed by atoms with Gasteiger partial charge in [-0.1, -0.05) is 12.1 Å². The van der Waals surface area contributed by atoms with E-state index in [1.807, 2.05) is 0 Å². The maximum Gasteiger partial charge on any atom is 0.332 e. The van der Waals surface area contributed by atoms with Gasteiger partial charge in [0.15, 0.2) is 11.9 Å². The molecule has 0 radical (unpaired) electrons. The van der Waals surface area contributed by atoms with Crippen LogP contribution >= 0.6 is 0 Å². The molecule has 1 N–H and O–H groups in total. The van der Waals surface area contributed by atoms with Gasteiger partial charge in [-0.2, -0.15) is 0 Å². The van der Waals surface area contributed by atoms with Gasteiger partial charge in [-0.3, -0.25) is 10.1 Å². The van der Waals surface area contributed by atoms with E-state index in [2.05, 4.69) is 0 Å². The summed E-state index contributed by atoms with van der Waals surface area (Å²) in [5, 5.41) is 19.8. The summed E-state index contributed by atoms with van der Waals surface area (Å²) in [6.07, 6.45) is -0.164. The number of para-hydroxylation sites is 1. The minimum absolute atomic E-state index is 0.0692. The SMILES string of the molecule is Cc1cccc(OCC2CCC(C(=O)O)O2)c1[N+](=O)[O-]. The van der Waals surface area contributed by atoms with Gasteiger partial charge in [-0.15, -0.1) is 0 Å². The molecular weight excluding hydrogens is 266 g/mol. The van der Waals surface area contributed by atoms with E-state index in [1.54, 1.807) is 19.1 Å². The van der Waals surface area contributed by atoms with Gasteiger partial charge in [0.25, 0.3) is 0 Å². The normalized spacial score (nSPS) is 21.6. The molecule has 108 valence electrons. The third-order valence-corrected chi connectivity index (χ3v) is 3.19. The quantitative estimate of drug-likeness (QED) is 0.653. The number of ether oxygens (including phenoxy) is 2. The molecular formula is C13H15NO6. The third-order valence-electron chi connectivity index (χ3n) is 3.19. The van der Waals surface area contributed by atoms with Gasteiger partial charge in [-0.05, 0) is 25.8 Å². The molecule has 2 unspecified atom stereocenters. The van der Waals surface area contributed by atoms with Crippen LogP contribution in [0.15, 0.2) is 18.2 Å². The van der Waals surface area contributed by atoms with Crippen LogP contribution in [0.3, 0.4) is 0 Å². The number of carboxylic acids is 1. The Hall–Kier alpha value is -2.15. The highest BCUT2D eigenvalue weighted by Crippen LogP contribution is 2.31. The van der Waals surface area contributed by atoms with E-state index in [9.17, 15) is 14.9 Å². The number of hydrogen-bond acceptors (Lipinski definition) is 5. The lowest BCUT2D eigenvalue weighted by molar-refractivity contribution is -0.386. The number of nitro benzene ring substituents is 1. The number of nitro groups is 1. The maximum atomic E-state index is 11.0. The van der Waals surface area contributed by atoms with Crippen LogP contribution in [0.4, 0.5) is 5.69 Å². The van der Waals surface area contributed by atoms with Crippen LogP contribution in [0.2, 0.25) is 0 Å². The number of hydrogen-bond donors (Lipinski definition) is 1. The molecule has 20 heavy (non-hydrogen) atoms. The molecule has 0 aromatic heterocycles. The highest BCUT2D eigenvalue weighted by atomic mass is 16.6. The molecule has 1 aromatic carbocycles. The van der Waals surface area contributed by atoms with Crippen LogP contribution in [-0.2, 0) is 9.53 Å². The van der Waals surface area contributed by atoms with Crippen molar-refractivity contribution in [1.82, 2.24) is 0 Å². The molecule has 0 bridgehead atoms. The number of aryl methyl sites for hydroxylation is 1. The molecule has 7 heteroatoms. The minimum atomic E-state index is -0.992. The van der Waals surface area contributed by atoms with E-state index in [-0.39, 0.29) is 24.1 Å². The summed E-state index contributed by atoms with van der Waals surface area (Å²) >= 11 is 0. The van der Waals surface area contributed by atoms with E-state index >= 15 is 0 Å². The van der Waals surface area contributed by atoms with Crippen molar-refractivity contribution in [3.63, 3.8) is 0 Å². The molecule has 0 spiro atoms. The predicted molar refractivity (Wildman–Crippen MR) is 68.9 cm³/mol. The fourth-order valence-corrected chi connectivity index (χ4v) is 2.18. The standard InChI is InChI=1S/C13H15NO6/c1-8-3-2-4-10(12(8)14(17)18)19-7-9-5-6-11(20-9)13(15)16/h2-4,9,11H,5-7H2,1H3,(H,15,16). The molecule has 0 saturated carbocycles. The Morgan fingerprint density at radius 3 is 2.90 bits per heavy atom. The van der Waals surface area contributed by atoms with Gasteiger partial charge in [0, 0.05) is 5.56 Å². The number of aliphatic carboxylic acids is 1. The Kier molecular flexibility index (Phi) is 4.19. The lowest BCUT2D eigenvalue weighted by Gasteiger charge is -2.13. The molecule has 1 aliphatic heterocycles. The summed E-state index contributed by atoms with van der Waals surface area (Å²) in [5.41, 5.74) is 0.448. The summed E-state index contributed by atoms with van der Waals surface area (Å²) in [5.74, 6) is -0.814. The zero-order chi connectivity index (χ0) is 14.7. The van der Waals surface area contributed by atoms with Crippen LogP contribution in [0.25, 0.3) is 0 Å². The number of nitrogens with zero attached hydrogens (tertiary/aromatic N) is 1. The lowest BCUT2D eigenvalue weighted by Crippen LogP contribution is -2.23. The summed E-state index contributed by atoms with van der Waals surface area (Å²) in [7, 11) is 0. The first-order valence-corrected chi connectivity index (χ1v) is 6.24. The van der Waals surface area contributed by atoms with E-state index < -0.39 is 17.0 Å². The largest absolute Gasteiger partial charge is 0.484 e. The van der Waals surface area contributed by atoms with Gasteiger partial charge in [-0.25, -0.2) is 4.79 Å². The minimum Gasteiger partial charge on any atom is -0.484 e. The zero-order valence-corrected chi connectivity index (χ0v) is 10.9. The first-order valence-electron chi connectivity index (χ1n) is 6.24. The fourth-order valence-electron chi connectivity index (χ4n) is 2.18. The smallest absolute Gasteiger partial charge is 0.332 e. The van der Waals surface area contributed by atoms with E-state index in [0.717, 1.165) is 0 Å². The Labute approximate surface area is 115 Å². The van der Waals surface area contributed by atoms with Crippen LogP contribution in [0.1, 0.15) is 18.4 Å². The zero-order valence-electron chi connectivity index (χ0n) is 10.9. The van der Waals surface area contributed by atoms with E-state index in [4.69, 9.17) is 14.6 Å². The highest BCUT2D eigenvalue weighted by Gasteiger charge is 2.31. The Morgan fingerprint density at radius 1 is 1.55 bits per heavy atom. The van der Waals surface area contributed by atoms with Crippen LogP contribution < -0.4 is 4.74 Å². The van der Waals surface area contributed by atoms with Crippen LogP contribution in [0.5, 0.6) is 5.75 Å². The topological polar surface area (TPSA) is 98.9 Å². The highest BCUT2D eigenvalue weighted by molar-refractivity contribution is 5.72. The van der Waals surface area contributed by atoms with Crippen molar-refractivity contribution >= 4 is 11.7 Å². The van der Waals surface area contributed by atoms with Crippen molar-refractivity contribution < 1.29 is 24.3 Å². The Bertz CT molecular complexity index is 530. The molecule has 1 aliphatic rings. The van der Waals surface area contributed by atoms with Gasteiger partial charge in [0.1, 0.15) is 6.61 Å². The van der Waals surface area contributed by atoms with Crippen molar-refractivity contribution in [3.8, 4) is 5.75 Å². The molecule has 0 aliphatic carbocycles. The van der Waals surface area contributed by atoms with Crippen LogP contribution in [0, 0.1) is 17.0 Å². The number of rotatable bonds is 5. The molecule has 1 fully saturated rings. The van der Waals surface area contributed by atoms with Gasteiger partial charge in [0.05, 0.1) is 11.0 Å². The molecule has 1 heterocycles. The second kappa shape index (κ2) is 5.87. The lowest BCUT2D eigenvalue weighted by atomic mass is 10.2. The average molecular weight is 281 g/mol. The monoisotopic (exact) mass is 281 g/mol. The maximum absolute atomic E-state index is 11.0. The number of carbonyl (C=O) groups is 1. The van der Waals surface area contributed by atoms with E-state index in [0.29, 0.717) is 18.4 Å². The molecule has 1 saturated heterocycles. The summed E-state index contributed by atoms with van der Waals surface area (Å²) in [6.45, 7) is 1.74. The number of carboxylic acid groups (broad SMARTS) is 1. The van der Waals surface area contributed by atoms with Gasteiger partial charge < -0.3 is 14.6 Å².